The summed E-state index contributed by atoms with van der Waals surface area (Å²) >= 11 is 0. The highest BCUT2D eigenvalue weighted by atomic mass is 19.4. The molecule has 0 amide bonds. The standard InChI is InChI=1S/C32H34F4N2O3/c33-25-8-4-23(5-9-25)21-38-17-14-24-20-28(41-31(39)32(34,35)36)12-13-29(24)30(38)19-22-6-10-27(11-7-22)40-18-15-26-3-1-2-16-37-26/h4-13,20,26,30,37H,1-3,14-19,21H2. The molecule has 0 radical (unpaired) electrons. The van der Waals surface area contributed by atoms with Crippen molar-refractivity contribution in [2.45, 2.75) is 63.3 Å². The highest BCUT2D eigenvalue weighted by Crippen LogP contribution is 2.36. The number of carbonyl (C=O) groups excluding carboxylic acids is 1. The molecule has 2 heterocycles. The maximum absolute atomic E-state index is 13.5. The van der Waals surface area contributed by atoms with Crippen LogP contribution in [0.25, 0.3) is 0 Å². The van der Waals surface area contributed by atoms with Crippen LogP contribution in [-0.2, 0) is 24.2 Å². The third kappa shape index (κ3) is 7.86. The molecule has 1 saturated heterocycles. The molecule has 2 aliphatic heterocycles. The Kier molecular flexibility index (Phi) is 9.25. The molecule has 218 valence electrons. The van der Waals surface area contributed by atoms with E-state index < -0.39 is 12.1 Å². The van der Waals surface area contributed by atoms with Crippen molar-refractivity contribution in [3.63, 3.8) is 0 Å². The molecule has 5 nitrogen and oxygen atoms in total. The molecule has 1 N–H and O–H groups in total. The number of benzene rings is 3. The Labute approximate surface area is 237 Å². The largest absolute Gasteiger partial charge is 0.494 e. The lowest BCUT2D eigenvalue weighted by Crippen LogP contribution is -2.36. The zero-order chi connectivity index (χ0) is 28.8. The summed E-state index contributed by atoms with van der Waals surface area (Å²) in [6, 6.07) is 19.5. The van der Waals surface area contributed by atoms with Gasteiger partial charge in [-0.25, -0.2) is 9.18 Å². The minimum Gasteiger partial charge on any atom is -0.494 e. The van der Waals surface area contributed by atoms with E-state index in [0.717, 1.165) is 41.0 Å². The fourth-order valence-electron chi connectivity index (χ4n) is 5.66. The van der Waals surface area contributed by atoms with Gasteiger partial charge >= 0.3 is 12.1 Å². The van der Waals surface area contributed by atoms with Crippen LogP contribution in [0.3, 0.4) is 0 Å². The normalized spacial score (nSPS) is 19.4. The van der Waals surface area contributed by atoms with Gasteiger partial charge in [0.05, 0.1) is 6.61 Å². The molecule has 3 aromatic carbocycles. The number of nitrogens with one attached hydrogen (secondary N) is 1. The number of nitrogens with zero attached hydrogens (tertiary/aromatic N) is 1. The first-order valence-corrected chi connectivity index (χ1v) is 14.1. The third-order valence-electron chi connectivity index (χ3n) is 7.82. The summed E-state index contributed by atoms with van der Waals surface area (Å²) in [6.45, 7) is 2.95. The van der Waals surface area contributed by atoms with Crippen molar-refractivity contribution < 1.29 is 31.8 Å². The molecule has 2 atom stereocenters. The number of fused-ring (bicyclic) bond motifs is 1. The van der Waals surface area contributed by atoms with Crippen LogP contribution in [0.2, 0.25) is 0 Å². The van der Waals surface area contributed by atoms with Gasteiger partial charge in [-0.15, -0.1) is 0 Å². The zero-order valence-electron chi connectivity index (χ0n) is 22.8. The number of ether oxygens (including phenoxy) is 2. The van der Waals surface area contributed by atoms with E-state index in [1.165, 1.54) is 43.5 Å². The molecular weight excluding hydrogens is 536 g/mol. The van der Waals surface area contributed by atoms with Crippen molar-refractivity contribution in [1.29, 1.82) is 0 Å². The lowest BCUT2D eigenvalue weighted by atomic mass is 9.88. The number of hydrogen-bond acceptors (Lipinski definition) is 5. The first-order valence-electron chi connectivity index (χ1n) is 14.1. The van der Waals surface area contributed by atoms with Crippen LogP contribution in [0.4, 0.5) is 17.6 Å². The van der Waals surface area contributed by atoms with Gasteiger partial charge in [0, 0.05) is 25.2 Å². The van der Waals surface area contributed by atoms with Gasteiger partial charge in [0.2, 0.25) is 0 Å². The third-order valence-corrected chi connectivity index (χ3v) is 7.82. The predicted molar refractivity (Wildman–Crippen MR) is 147 cm³/mol. The van der Waals surface area contributed by atoms with E-state index >= 15 is 0 Å². The molecule has 0 aromatic heterocycles. The molecular formula is C32H34F4N2O3. The Morgan fingerprint density at radius 2 is 1.68 bits per heavy atom. The fourth-order valence-corrected chi connectivity index (χ4v) is 5.66. The molecule has 0 spiro atoms. The molecule has 5 rings (SSSR count). The number of rotatable bonds is 9. The van der Waals surface area contributed by atoms with Crippen LogP contribution in [0.5, 0.6) is 11.5 Å². The Hall–Kier alpha value is -3.43. The smallest absolute Gasteiger partial charge is 0.491 e. The number of hydrogen-bond donors (Lipinski definition) is 1. The van der Waals surface area contributed by atoms with Gasteiger partial charge < -0.3 is 14.8 Å². The highest BCUT2D eigenvalue weighted by Gasteiger charge is 2.41. The summed E-state index contributed by atoms with van der Waals surface area (Å²) in [5.74, 6) is -1.85. The Morgan fingerprint density at radius 1 is 0.951 bits per heavy atom. The minimum atomic E-state index is -5.06. The van der Waals surface area contributed by atoms with Crippen LogP contribution < -0.4 is 14.8 Å². The lowest BCUT2D eigenvalue weighted by molar-refractivity contribution is -0.189. The molecule has 9 heteroatoms. The van der Waals surface area contributed by atoms with Crippen LogP contribution in [0.15, 0.2) is 66.7 Å². The number of piperidine rings is 1. The van der Waals surface area contributed by atoms with Gasteiger partial charge in [-0.1, -0.05) is 36.8 Å². The van der Waals surface area contributed by atoms with Gasteiger partial charge in [0.1, 0.15) is 17.3 Å². The molecule has 2 aliphatic rings. The summed E-state index contributed by atoms with van der Waals surface area (Å²) in [5.41, 5.74) is 3.85. The molecule has 0 bridgehead atoms. The van der Waals surface area contributed by atoms with Crippen molar-refractivity contribution in [2.24, 2.45) is 0 Å². The summed E-state index contributed by atoms with van der Waals surface area (Å²) in [5, 5.41) is 3.53. The number of carbonyl (C=O) groups is 1. The van der Waals surface area contributed by atoms with E-state index in [0.29, 0.717) is 38.6 Å². The summed E-state index contributed by atoms with van der Waals surface area (Å²) in [6.07, 6.45) is 0.820. The Bertz CT molecular complexity index is 1310. The Morgan fingerprint density at radius 3 is 2.39 bits per heavy atom. The van der Waals surface area contributed by atoms with Gasteiger partial charge in [-0.2, -0.15) is 13.2 Å². The van der Waals surface area contributed by atoms with E-state index in [9.17, 15) is 22.4 Å². The monoisotopic (exact) mass is 570 g/mol. The van der Waals surface area contributed by atoms with Crippen LogP contribution in [0, 0.1) is 5.82 Å². The summed E-state index contributed by atoms with van der Waals surface area (Å²) < 4.78 is 62.3. The van der Waals surface area contributed by atoms with Crippen LogP contribution in [-0.4, -0.2) is 42.8 Å². The number of esters is 1. The van der Waals surface area contributed by atoms with Gasteiger partial charge in [0.25, 0.3) is 0 Å². The van der Waals surface area contributed by atoms with Crippen molar-refractivity contribution >= 4 is 5.97 Å². The topological polar surface area (TPSA) is 50.8 Å². The van der Waals surface area contributed by atoms with E-state index in [2.05, 4.69) is 15.0 Å². The summed E-state index contributed by atoms with van der Waals surface area (Å²) in [7, 11) is 0. The van der Waals surface area contributed by atoms with Gasteiger partial charge in [-0.3, -0.25) is 4.90 Å². The van der Waals surface area contributed by atoms with Crippen molar-refractivity contribution in [3.8, 4) is 11.5 Å². The maximum atomic E-state index is 13.5. The molecule has 2 unspecified atom stereocenters. The first-order chi connectivity index (χ1) is 19.7. The molecule has 0 saturated carbocycles. The van der Waals surface area contributed by atoms with E-state index in [4.69, 9.17) is 4.74 Å². The zero-order valence-corrected chi connectivity index (χ0v) is 22.8. The van der Waals surface area contributed by atoms with Crippen LogP contribution >= 0.6 is 0 Å². The fraction of sp³-hybridized carbons (Fsp3) is 0.406. The Balaban J connectivity index is 1.30. The first kappa shape index (κ1) is 29.1. The van der Waals surface area contributed by atoms with E-state index in [1.54, 1.807) is 18.2 Å². The van der Waals surface area contributed by atoms with E-state index in [1.807, 2.05) is 24.3 Å². The second-order valence-corrected chi connectivity index (χ2v) is 10.7. The average Bonchev–Trinajstić information content (AvgIpc) is 2.96. The van der Waals surface area contributed by atoms with Crippen molar-refractivity contribution in [1.82, 2.24) is 10.2 Å². The van der Waals surface area contributed by atoms with Crippen LogP contribution in [0.1, 0.15) is 54.0 Å². The van der Waals surface area contributed by atoms with E-state index in [-0.39, 0.29) is 17.6 Å². The second kappa shape index (κ2) is 13.0. The SMILES string of the molecule is O=C(Oc1ccc2c(c1)CCN(Cc1ccc(F)cc1)C2Cc1ccc(OCCC2CCCCN2)cc1)C(F)(F)F. The summed E-state index contributed by atoms with van der Waals surface area (Å²) in [4.78, 5) is 13.7. The van der Waals surface area contributed by atoms with Gasteiger partial charge in [0.15, 0.2) is 0 Å². The molecule has 1 fully saturated rings. The minimum absolute atomic E-state index is 0.0830. The number of halogens is 4. The van der Waals surface area contributed by atoms with Gasteiger partial charge in [-0.05, 0) is 97.3 Å². The number of alkyl halides is 3. The van der Waals surface area contributed by atoms with Crippen molar-refractivity contribution in [3.05, 3.63) is 94.8 Å². The molecule has 3 aromatic rings. The highest BCUT2D eigenvalue weighted by molar-refractivity contribution is 5.78. The average molecular weight is 571 g/mol. The lowest BCUT2D eigenvalue weighted by Gasteiger charge is -2.38. The molecule has 41 heavy (non-hydrogen) atoms. The predicted octanol–water partition coefficient (Wildman–Crippen LogP) is 6.55. The maximum Gasteiger partial charge on any atom is 0.491 e. The second-order valence-electron chi connectivity index (χ2n) is 10.7. The van der Waals surface area contributed by atoms with Crippen molar-refractivity contribution in [2.75, 3.05) is 19.7 Å². The quantitative estimate of drug-likeness (QED) is 0.180. The molecule has 0 aliphatic carbocycles.